The van der Waals surface area contributed by atoms with E-state index < -0.39 is 18.6 Å². The Hall–Kier alpha value is -2.54. The van der Waals surface area contributed by atoms with Gasteiger partial charge in [-0.3, -0.25) is 14.4 Å². The Morgan fingerprint density at radius 1 is 1.00 bits per heavy atom. The largest absolute Gasteiger partial charge is 0.482 e. The molecule has 1 atom stereocenters. The summed E-state index contributed by atoms with van der Waals surface area (Å²) in [5, 5.41) is 6.18. The Bertz CT molecular complexity index is 1070. The third kappa shape index (κ3) is 8.57. The number of nitrogens with one attached hydrogen (secondary N) is 2. The molecule has 2 N–H and O–H groups in total. The molecule has 0 aliphatic heterocycles. The van der Waals surface area contributed by atoms with E-state index in [2.05, 4.69) is 17.2 Å². The van der Waals surface area contributed by atoms with Gasteiger partial charge in [-0.05, 0) is 48.2 Å². The first kappa shape index (κ1) is 28.7. The molecule has 35 heavy (non-hydrogen) atoms. The van der Waals surface area contributed by atoms with Crippen LogP contribution in [0, 0.1) is 0 Å². The maximum Gasteiger partial charge on any atom is 0.258 e. The fourth-order valence-corrected chi connectivity index (χ4v) is 3.71. The fraction of sp³-hybridized carbons (Fsp3) is 0.346. The summed E-state index contributed by atoms with van der Waals surface area (Å²) in [6.45, 7) is 7.68. The topological polar surface area (TPSA) is 84.5 Å². The monoisotopic (exact) mass is 538 g/mol. The molecule has 0 fully saturated rings. The number of ether oxygens (including phenoxy) is 1. The molecule has 2 amide bonds. The molecule has 1 unspecified atom stereocenters. The molecule has 0 heterocycles. The van der Waals surface area contributed by atoms with Gasteiger partial charge >= 0.3 is 0 Å². The molecule has 9 heteroatoms. The zero-order chi connectivity index (χ0) is 26.0. The lowest BCUT2D eigenvalue weighted by Gasteiger charge is -2.19. The number of amides is 2. The molecule has 2 aromatic rings. The van der Waals surface area contributed by atoms with Crippen LogP contribution in [0.5, 0.6) is 5.75 Å². The second-order valence-electron chi connectivity index (χ2n) is 7.91. The smallest absolute Gasteiger partial charge is 0.258 e. The first-order valence-electron chi connectivity index (χ1n) is 11.3. The van der Waals surface area contributed by atoms with E-state index in [1.54, 1.807) is 24.3 Å². The van der Waals surface area contributed by atoms with Crippen molar-refractivity contribution < 1.29 is 19.1 Å². The van der Waals surface area contributed by atoms with Crippen molar-refractivity contribution >= 4 is 52.4 Å². The summed E-state index contributed by atoms with van der Waals surface area (Å²) >= 11 is 18.5. The summed E-state index contributed by atoms with van der Waals surface area (Å²) in [6, 6.07) is 9.20. The van der Waals surface area contributed by atoms with Crippen LogP contribution < -0.4 is 15.4 Å². The first-order chi connectivity index (χ1) is 16.7. The van der Waals surface area contributed by atoms with Crippen LogP contribution in [-0.4, -0.2) is 36.8 Å². The van der Waals surface area contributed by atoms with Crippen LogP contribution >= 0.6 is 34.8 Å². The normalized spacial score (nSPS) is 11.5. The number of halogens is 3. The highest BCUT2D eigenvalue weighted by atomic mass is 35.5. The molecule has 0 spiro atoms. The van der Waals surface area contributed by atoms with Crippen LogP contribution in [0.3, 0.4) is 0 Å². The van der Waals surface area contributed by atoms with Gasteiger partial charge in [-0.2, -0.15) is 0 Å². The molecular formula is C26H29Cl3N2O4. The van der Waals surface area contributed by atoms with Gasteiger partial charge in [0.05, 0.1) is 5.02 Å². The predicted octanol–water partition coefficient (Wildman–Crippen LogP) is 5.82. The van der Waals surface area contributed by atoms with Crippen LogP contribution in [0.25, 0.3) is 0 Å². The minimum absolute atomic E-state index is 0.0178. The van der Waals surface area contributed by atoms with Crippen LogP contribution in [0.15, 0.2) is 48.6 Å². The molecular weight excluding hydrogens is 511 g/mol. The number of ketones is 1. The standard InChI is InChI=1S/C26H29Cl3N2O4/c1-4-6-13-30-26(34)20(14-17-7-9-18(27)10-8-17)31-22(32)15-35-21-12-11-19(23(28)24(21)29)25(33)16(3)5-2/h7-12,20H,3-6,13-15H2,1-2H3,(H,30,34)(H,31,32). The molecule has 2 aromatic carbocycles. The van der Waals surface area contributed by atoms with Gasteiger partial charge in [0.15, 0.2) is 12.4 Å². The van der Waals surface area contributed by atoms with Gasteiger partial charge in [0.2, 0.25) is 5.91 Å². The predicted molar refractivity (Wildman–Crippen MR) is 141 cm³/mol. The van der Waals surface area contributed by atoms with E-state index in [1.165, 1.54) is 12.1 Å². The highest BCUT2D eigenvalue weighted by Crippen LogP contribution is 2.35. The van der Waals surface area contributed by atoms with Crippen molar-refractivity contribution in [1.29, 1.82) is 0 Å². The molecule has 0 aliphatic carbocycles. The average Bonchev–Trinajstić information content (AvgIpc) is 2.85. The Kier molecular flexibility index (Phi) is 11.6. The van der Waals surface area contributed by atoms with E-state index in [0.717, 1.165) is 18.4 Å². The number of hydrogen-bond acceptors (Lipinski definition) is 4. The van der Waals surface area contributed by atoms with Gasteiger partial charge in [-0.1, -0.05) is 73.8 Å². The SMILES string of the molecule is C=C(CC)C(=O)c1ccc(OCC(=O)NC(Cc2ccc(Cl)cc2)C(=O)NCCCC)c(Cl)c1Cl. The van der Waals surface area contributed by atoms with Crippen molar-refractivity contribution in [1.82, 2.24) is 10.6 Å². The Balaban J connectivity index is 2.07. The number of unbranched alkanes of at least 4 members (excludes halogenated alkanes) is 1. The summed E-state index contributed by atoms with van der Waals surface area (Å²) in [5.41, 5.74) is 1.46. The lowest BCUT2D eigenvalue weighted by atomic mass is 10.0. The molecule has 0 aromatic heterocycles. The number of Topliss-reactive ketones (excluding diaryl/α,β-unsaturated/α-hetero) is 1. The number of allylic oxidation sites excluding steroid dienone is 1. The second-order valence-corrected chi connectivity index (χ2v) is 9.10. The summed E-state index contributed by atoms with van der Waals surface area (Å²) in [4.78, 5) is 37.7. The maximum absolute atomic E-state index is 12.7. The van der Waals surface area contributed by atoms with E-state index in [0.29, 0.717) is 23.6 Å². The van der Waals surface area contributed by atoms with Gasteiger partial charge in [-0.25, -0.2) is 0 Å². The third-order valence-electron chi connectivity index (χ3n) is 5.23. The highest BCUT2D eigenvalue weighted by Gasteiger charge is 2.22. The van der Waals surface area contributed by atoms with Gasteiger partial charge < -0.3 is 15.4 Å². The molecule has 2 rings (SSSR count). The third-order valence-corrected chi connectivity index (χ3v) is 6.35. The molecule has 0 radical (unpaired) electrons. The maximum atomic E-state index is 12.7. The van der Waals surface area contributed by atoms with E-state index in [1.807, 2.05) is 13.8 Å². The van der Waals surface area contributed by atoms with Crippen LogP contribution in [-0.2, 0) is 16.0 Å². The fourth-order valence-electron chi connectivity index (χ4n) is 3.13. The number of rotatable bonds is 13. The van der Waals surface area contributed by atoms with Crippen LogP contribution in [0.1, 0.15) is 49.0 Å². The summed E-state index contributed by atoms with van der Waals surface area (Å²) in [6.07, 6.45) is 2.53. The van der Waals surface area contributed by atoms with E-state index in [4.69, 9.17) is 39.5 Å². The van der Waals surface area contributed by atoms with Crippen molar-refractivity contribution in [3.63, 3.8) is 0 Å². The molecule has 0 aliphatic rings. The average molecular weight is 540 g/mol. The van der Waals surface area contributed by atoms with Crippen molar-refractivity contribution in [3.05, 3.63) is 74.7 Å². The first-order valence-corrected chi connectivity index (χ1v) is 12.5. The second kappa shape index (κ2) is 14.1. The number of benzene rings is 2. The Morgan fingerprint density at radius 3 is 2.31 bits per heavy atom. The van der Waals surface area contributed by atoms with Crippen molar-refractivity contribution in [2.75, 3.05) is 13.2 Å². The van der Waals surface area contributed by atoms with Crippen LogP contribution in [0.2, 0.25) is 15.1 Å². The van der Waals surface area contributed by atoms with E-state index >= 15 is 0 Å². The quantitative estimate of drug-likeness (QED) is 0.191. The van der Waals surface area contributed by atoms with Gasteiger partial charge in [-0.15, -0.1) is 0 Å². The molecule has 0 saturated carbocycles. The Morgan fingerprint density at radius 2 is 1.69 bits per heavy atom. The van der Waals surface area contributed by atoms with Crippen LogP contribution in [0.4, 0.5) is 0 Å². The lowest BCUT2D eigenvalue weighted by molar-refractivity contribution is -0.130. The zero-order valence-electron chi connectivity index (χ0n) is 19.8. The van der Waals surface area contributed by atoms with E-state index in [9.17, 15) is 14.4 Å². The molecule has 0 bridgehead atoms. The minimum Gasteiger partial charge on any atom is -0.482 e. The van der Waals surface area contributed by atoms with Crippen molar-refractivity contribution in [3.8, 4) is 5.75 Å². The molecule has 188 valence electrons. The van der Waals surface area contributed by atoms with Gasteiger partial charge in [0.25, 0.3) is 5.91 Å². The van der Waals surface area contributed by atoms with Gasteiger partial charge in [0, 0.05) is 23.6 Å². The summed E-state index contributed by atoms with van der Waals surface area (Å²) in [5.74, 6) is -0.960. The molecule has 0 saturated heterocycles. The minimum atomic E-state index is -0.803. The Labute approximate surface area is 221 Å². The van der Waals surface area contributed by atoms with Crippen molar-refractivity contribution in [2.24, 2.45) is 0 Å². The van der Waals surface area contributed by atoms with E-state index in [-0.39, 0.29) is 39.5 Å². The summed E-state index contributed by atoms with van der Waals surface area (Å²) < 4.78 is 5.53. The number of carbonyl (C=O) groups excluding carboxylic acids is 3. The summed E-state index contributed by atoms with van der Waals surface area (Å²) in [7, 11) is 0. The molecule has 6 nitrogen and oxygen atoms in total. The number of carbonyl (C=O) groups is 3. The number of hydrogen-bond donors (Lipinski definition) is 2. The zero-order valence-corrected chi connectivity index (χ0v) is 22.0. The lowest BCUT2D eigenvalue weighted by Crippen LogP contribution is -2.49. The van der Waals surface area contributed by atoms with Crippen molar-refractivity contribution in [2.45, 2.75) is 45.6 Å². The highest BCUT2D eigenvalue weighted by molar-refractivity contribution is 6.45. The van der Waals surface area contributed by atoms with Gasteiger partial charge in [0.1, 0.15) is 16.8 Å².